The number of hydrogen-bond donors (Lipinski definition) is 1. The molecule has 0 aromatic heterocycles. The third-order valence-electron chi connectivity index (χ3n) is 12.9. The van der Waals surface area contributed by atoms with E-state index in [0.717, 1.165) is 68.3 Å². The van der Waals surface area contributed by atoms with Crippen LogP contribution in [-0.2, 0) is 16.0 Å². The van der Waals surface area contributed by atoms with Crippen molar-refractivity contribution in [2.45, 2.75) is 128 Å². The fourth-order valence-electron chi connectivity index (χ4n) is 11.0. The van der Waals surface area contributed by atoms with E-state index < -0.39 is 0 Å². The van der Waals surface area contributed by atoms with Gasteiger partial charge in [-0.3, -0.25) is 4.79 Å². The van der Waals surface area contributed by atoms with Crippen molar-refractivity contribution in [3.05, 3.63) is 23.3 Å². The molecule has 226 valence electrons. The molecule has 6 fully saturated rings. The average molecular weight is 565 g/mol. The van der Waals surface area contributed by atoms with E-state index >= 15 is 0 Å². The zero-order valence-electron chi connectivity index (χ0n) is 25.5. The second kappa shape index (κ2) is 11.4. The number of carbonyl (C=O) groups excluding carboxylic acids is 1. The number of carbonyl (C=O) groups is 1. The van der Waals surface area contributed by atoms with Gasteiger partial charge in [-0.25, -0.2) is 0 Å². The van der Waals surface area contributed by atoms with Crippen LogP contribution in [0.3, 0.4) is 0 Å². The molecule has 8 rings (SSSR count). The molecule has 0 saturated heterocycles. The van der Waals surface area contributed by atoms with E-state index in [0.29, 0.717) is 42.6 Å². The highest BCUT2D eigenvalue weighted by Crippen LogP contribution is 2.61. The van der Waals surface area contributed by atoms with Crippen LogP contribution in [0.5, 0.6) is 11.5 Å². The summed E-state index contributed by atoms with van der Waals surface area (Å²) < 4.78 is 18.1. The van der Waals surface area contributed by atoms with Gasteiger partial charge >= 0.3 is 5.97 Å². The molecular formula is C36H52O5. The third kappa shape index (κ3) is 5.21. The maximum atomic E-state index is 12.6. The predicted molar refractivity (Wildman–Crippen MR) is 159 cm³/mol. The van der Waals surface area contributed by atoms with Gasteiger partial charge in [-0.2, -0.15) is 0 Å². The van der Waals surface area contributed by atoms with Gasteiger partial charge in [0, 0.05) is 6.42 Å². The van der Waals surface area contributed by atoms with Crippen molar-refractivity contribution in [2.24, 2.45) is 40.9 Å². The van der Waals surface area contributed by atoms with Crippen LogP contribution in [0.15, 0.2) is 12.1 Å². The predicted octanol–water partition coefficient (Wildman–Crippen LogP) is 7.61. The molecule has 0 unspecified atom stereocenters. The summed E-state index contributed by atoms with van der Waals surface area (Å²) in [6, 6.07) is 4.52. The van der Waals surface area contributed by atoms with Crippen LogP contribution in [0.2, 0.25) is 0 Å². The molecule has 41 heavy (non-hydrogen) atoms. The van der Waals surface area contributed by atoms with Gasteiger partial charge in [0.1, 0.15) is 6.10 Å². The van der Waals surface area contributed by atoms with Gasteiger partial charge < -0.3 is 19.3 Å². The SMILES string of the molecule is COc1cc2c(cc1OCCCCCCC(=O)OC1C3CC4CC(C3)CC1C4)CC[C@@H]1[C@@H]2CC[C@]2(C)[C@@H](O)CC[C@@H]12. The van der Waals surface area contributed by atoms with Crippen molar-refractivity contribution in [3.63, 3.8) is 0 Å². The largest absolute Gasteiger partial charge is 0.493 e. The molecule has 1 aromatic rings. The van der Waals surface area contributed by atoms with Crippen molar-refractivity contribution < 1.29 is 24.1 Å². The second-order valence-electron chi connectivity index (χ2n) is 15.2. The van der Waals surface area contributed by atoms with Crippen LogP contribution in [-0.4, -0.2) is 37.0 Å². The lowest BCUT2D eigenvalue weighted by molar-refractivity contribution is -0.170. The van der Waals surface area contributed by atoms with E-state index in [1.54, 1.807) is 7.11 Å². The Morgan fingerprint density at radius 3 is 2.44 bits per heavy atom. The van der Waals surface area contributed by atoms with E-state index in [1.165, 1.54) is 62.5 Å². The molecule has 4 bridgehead atoms. The van der Waals surface area contributed by atoms with Crippen LogP contribution in [0.25, 0.3) is 0 Å². The summed E-state index contributed by atoms with van der Waals surface area (Å²) in [5, 5.41) is 10.7. The minimum atomic E-state index is -0.124. The number of rotatable bonds is 10. The summed E-state index contributed by atoms with van der Waals surface area (Å²) >= 11 is 0. The quantitative estimate of drug-likeness (QED) is 0.234. The second-order valence-corrected chi connectivity index (χ2v) is 15.2. The van der Waals surface area contributed by atoms with Crippen molar-refractivity contribution in [3.8, 4) is 11.5 Å². The van der Waals surface area contributed by atoms with E-state index in [-0.39, 0.29) is 23.6 Å². The fourth-order valence-corrected chi connectivity index (χ4v) is 11.0. The van der Waals surface area contributed by atoms with E-state index in [2.05, 4.69) is 19.1 Å². The summed E-state index contributed by atoms with van der Waals surface area (Å²) in [6.07, 6.45) is 18.0. The normalized spacial score (nSPS) is 40.0. The number of benzene rings is 1. The molecule has 0 aliphatic heterocycles. The molecule has 0 amide bonds. The van der Waals surface area contributed by atoms with Crippen LogP contribution < -0.4 is 9.47 Å². The molecule has 0 radical (unpaired) electrons. The highest BCUT2D eigenvalue weighted by molar-refractivity contribution is 5.69. The Balaban J connectivity index is 0.855. The van der Waals surface area contributed by atoms with E-state index in [1.807, 2.05) is 0 Å². The highest BCUT2D eigenvalue weighted by Gasteiger charge is 2.54. The number of unbranched alkanes of at least 4 members (excludes halogenated alkanes) is 3. The maximum Gasteiger partial charge on any atom is 0.306 e. The van der Waals surface area contributed by atoms with E-state index in [4.69, 9.17) is 14.2 Å². The van der Waals surface area contributed by atoms with Crippen LogP contribution in [0.4, 0.5) is 0 Å². The summed E-state index contributed by atoms with van der Waals surface area (Å²) in [4.78, 5) is 12.6. The molecule has 5 atom stereocenters. The molecule has 0 heterocycles. The molecule has 1 N–H and O–H groups in total. The van der Waals surface area contributed by atoms with Crippen molar-refractivity contribution in [1.29, 1.82) is 0 Å². The number of aryl methyl sites for hydroxylation is 1. The molecule has 6 saturated carbocycles. The summed E-state index contributed by atoms with van der Waals surface area (Å²) in [5.74, 6) is 6.80. The number of methoxy groups -OCH3 is 1. The van der Waals surface area contributed by atoms with Crippen molar-refractivity contribution >= 4 is 5.97 Å². The minimum absolute atomic E-state index is 0.0338. The molecular weight excluding hydrogens is 512 g/mol. The average Bonchev–Trinajstić information content (AvgIpc) is 3.27. The van der Waals surface area contributed by atoms with Gasteiger partial charge in [0.05, 0.1) is 19.8 Å². The Bertz CT molecular complexity index is 1090. The lowest BCUT2D eigenvalue weighted by Gasteiger charge is -2.53. The summed E-state index contributed by atoms with van der Waals surface area (Å²) in [6.45, 7) is 3.02. The highest BCUT2D eigenvalue weighted by atomic mass is 16.5. The number of aliphatic hydroxyl groups is 1. The minimum Gasteiger partial charge on any atom is -0.493 e. The van der Waals surface area contributed by atoms with Gasteiger partial charge in [0.25, 0.3) is 0 Å². The molecule has 5 nitrogen and oxygen atoms in total. The Morgan fingerprint density at radius 1 is 0.927 bits per heavy atom. The Labute approximate surface area is 247 Å². The zero-order chi connectivity index (χ0) is 28.1. The first-order valence-corrected chi connectivity index (χ1v) is 17.1. The van der Waals surface area contributed by atoms with Crippen molar-refractivity contribution in [2.75, 3.05) is 13.7 Å². The maximum absolute atomic E-state index is 12.6. The standard InChI is InChI=1S/C36H52O5/c1-36-13-12-27-28(30(36)10-11-33(36)37)9-8-24-20-32(31(39-2)21-29(24)27)40-14-6-4-3-5-7-34(38)41-35-25-16-22-15-23(18-25)19-26(35)17-22/h20-23,25-28,30,33,35,37H,3-19H2,1-2H3/t22?,23?,25?,26?,27-,28+,30-,33-,35?,36-/m0/s1. The topological polar surface area (TPSA) is 65.0 Å². The molecule has 1 aromatic carbocycles. The van der Waals surface area contributed by atoms with Gasteiger partial charge in [-0.15, -0.1) is 0 Å². The van der Waals surface area contributed by atoms with Crippen LogP contribution >= 0.6 is 0 Å². The summed E-state index contributed by atoms with van der Waals surface area (Å²) in [5.41, 5.74) is 3.01. The fraction of sp³-hybridized carbons (Fsp3) is 0.806. The smallest absolute Gasteiger partial charge is 0.306 e. The number of hydrogen-bond acceptors (Lipinski definition) is 5. The molecule has 7 aliphatic rings. The Hall–Kier alpha value is -1.75. The van der Waals surface area contributed by atoms with Gasteiger partial charge in [-0.05, 0) is 154 Å². The van der Waals surface area contributed by atoms with Crippen LogP contribution in [0.1, 0.15) is 120 Å². The lowest BCUT2D eigenvalue weighted by Crippen LogP contribution is -2.50. The Kier molecular flexibility index (Phi) is 7.79. The number of esters is 1. The molecule has 5 heteroatoms. The monoisotopic (exact) mass is 564 g/mol. The van der Waals surface area contributed by atoms with E-state index in [9.17, 15) is 9.90 Å². The number of ether oxygens (including phenoxy) is 3. The molecule has 7 aliphatic carbocycles. The Morgan fingerprint density at radius 2 is 1.68 bits per heavy atom. The van der Waals surface area contributed by atoms with Gasteiger partial charge in [0.2, 0.25) is 0 Å². The van der Waals surface area contributed by atoms with Gasteiger partial charge in [-0.1, -0.05) is 19.8 Å². The first kappa shape index (κ1) is 28.0. The summed E-state index contributed by atoms with van der Waals surface area (Å²) in [7, 11) is 1.75. The third-order valence-corrected chi connectivity index (χ3v) is 12.9. The number of fused-ring (bicyclic) bond motifs is 5. The van der Waals surface area contributed by atoms with Crippen LogP contribution in [0, 0.1) is 40.9 Å². The van der Waals surface area contributed by atoms with Crippen molar-refractivity contribution in [1.82, 2.24) is 0 Å². The molecule has 0 spiro atoms. The first-order valence-electron chi connectivity index (χ1n) is 17.1. The lowest BCUT2D eigenvalue weighted by atomic mass is 9.55. The first-order chi connectivity index (χ1) is 19.9. The number of aliphatic hydroxyl groups excluding tert-OH is 1. The van der Waals surface area contributed by atoms with Gasteiger partial charge in [0.15, 0.2) is 11.5 Å². The zero-order valence-corrected chi connectivity index (χ0v) is 25.5.